The lowest BCUT2D eigenvalue weighted by atomic mass is 9.99. The first kappa shape index (κ1) is 15.8. The number of hydrogen-bond acceptors (Lipinski definition) is 4. The number of aromatic nitrogens is 1. The van der Waals surface area contributed by atoms with E-state index in [1.54, 1.807) is 17.5 Å². The molecule has 0 atom stereocenters. The minimum atomic E-state index is 0.232. The molecule has 0 bridgehead atoms. The molecule has 1 aliphatic heterocycles. The molecule has 0 saturated carbocycles. The number of carbonyl (C=O) groups is 1. The minimum absolute atomic E-state index is 0.232. The summed E-state index contributed by atoms with van der Waals surface area (Å²) in [6, 6.07) is 6.25. The average molecular weight is 341 g/mol. The van der Waals surface area contributed by atoms with Crippen molar-refractivity contribution in [2.24, 2.45) is 0 Å². The molecular formula is C19H23N3OS. The van der Waals surface area contributed by atoms with E-state index < -0.39 is 0 Å². The summed E-state index contributed by atoms with van der Waals surface area (Å²) in [4.78, 5) is 23.8. The highest BCUT2D eigenvalue weighted by Gasteiger charge is 2.25. The van der Waals surface area contributed by atoms with Gasteiger partial charge in [-0.25, -0.2) is 0 Å². The first-order valence-corrected chi connectivity index (χ1v) is 9.63. The number of amides is 1. The quantitative estimate of drug-likeness (QED) is 0.861. The van der Waals surface area contributed by atoms with Crippen LogP contribution in [-0.2, 0) is 19.4 Å². The Bertz CT molecular complexity index is 681. The highest BCUT2D eigenvalue weighted by atomic mass is 32.1. The Labute approximate surface area is 147 Å². The topological polar surface area (TPSA) is 36.4 Å². The van der Waals surface area contributed by atoms with Crippen LogP contribution in [0.4, 0.5) is 0 Å². The third kappa shape index (κ3) is 3.37. The zero-order chi connectivity index (χ0) is 16.4. The van der Waals surface area contributed by atoms with Crippen LogP contribution >= 0.6 is 11.3 Å². The van der Waals surface area contributed by atoms with Gasteiger partial charge < -0.3 is 4.90 Å². The lowest BCUT2D eigenvalue weighted by Crippen LogP contribution is -2.48. The van der Waals surface area contributed by atoms with Crippen LogP contribution in [-0.4, -0.2) is 46.9 Å². The second-order valence-corrected chi connectivity index (χ2v) is 7.83. The van der Waals surface area contributed by atoms with Gasteiger partial charge in [-0.15, -0.1) is 11.3 Å². The van der Waals surface area contributed by atoms with Gasteiger partial charge in [0.1, 0.15) is 0 Å². The van der Waals surface area contributed by atoms with Gasteiger partial charge in [0.05, 0.1) is 4.88 Å². The van der Waals surface area contributed by atoms with E-state index in [9.17, 15) is 4.79 Å². The van der Waals surface area contributed by atoms with Crippen LogP contribution in [0.1, 0.15) is 38.5 Å². The molecule has 2 aliphatic rings. The standard InChI is InChI=1S/C19H23N3OS/c23-19(18-12-16-5-1-2-6-17(16)24-18)22-10-8-21(9-11-22)14-15-4-3-7-20-13-15/h3-4,7,12-13H,1-2,5-6,8-11,14H2. The highest BCUT2D eigenvalue weighted by Crippen LogP contribution is 2.30. The maximum Gasteiger partial charge on any atom is 0.264 e. The summed E-state index contributed by atoms with van der Waals surface area (Å²) in [5, 5.41) is 0. The van der Waals surface area contributed by atoms with Crippen LogP contribution < -0.4 is 0 Å². The highest BCUT2D eigenvalue weighted by molar-refractivity contribution is 7.14. The van der Waals surface area contributed by atoms with E-state index in [0.29, 0.717) is 0 Å². The van der Waals surface area contributed by atoms with Gasteiger partial charge in [0.15, 0.2) is 0 Å². The van der Waals surface area contributed by atoms with Crippen molar-refractivity contribution in [3.8, 4) is 0 Å². The molecule has 24 heavy (non-hydrogen) atoms. The van der Waals surface area contributed by atoms with Crippen molar-refractivity contribution in [1.29, 1.82) is 0 Å². The zero-order valence-corrected chi connectivity index (χ0v) is 14.7. The third-order valence-corrected chi connectivity index (χ3v) is 6.22. The van der Waals surface area contributed by atoms with E-state index in [4.69, 9.17) is 0 Å². The van der Waals surface area contributed by atoms with Crippen molar-refractivity contribution < 1.29 is 4.79 Å². The molecule has 0 unspecified atom stereocenters. The second-order valence-electron chi connectivity index (χ2n) is 6.70. The molecule has 2 aromatic rings. The largest absolute Gasteiger partial charge is 0.335 e. The molecular weight excluding hydrogens is 318 g/mol. The molecule has 4 nitrogen and oxygen atoms in total. The normalized spacial score (nSPS) is 18.4. The molecule has 5 heteroatoms. The number of carbonyl (C=O) groups excluding carboxylic acids is 1. The molecule has 1 saturated heterocycles. The van der Waals surface area contributed by atoms with Crippen molar-refractivity contribution >= 4 is 17.2 Å². The SMILES string of the molecule is O=C(c1cc2c(s1)CCCC2)N1CCN(Cc2cccnc2)CC1. The first-order chi connectivity index (χ1) is 11.8. The smallest absolute Gasteiger partial charge is 0.264 e. The lowest BCUT2D eigenvalue weighted by molar-refractivity contribution is 0.0633. The fourth-order valence-electron chi connectivity index (χ4n) is 3.61. The molecule has 0 radical (unpaired) electrons. The Morgan fingerprint density at radius 1 is 1.17 bits per heavy atom. The van der Waals surface area contributed by atoms with Crippen LogP contribution in [0, 0.1) is 0 Å². The molecule has 0 aromatic carbocycles. The van der Waals surface area contributed by atoms with Gasteiger partial charge >= 0.3 is 0 Å². The fraction of sp³-hybridized carbons (Fsp3) is 0.474. The van der Waals surface area contributed by atoms with E-state index in [1.165, 1.54) is 28.8 Å². The van der Waals surface area contributed by atoms with Crippen LogP contribution in [0.15, 0.2) is 30.6 Å². The van der Waals surface area contributed by atoms with Crippen LogP contribution in [0.25, 0.3) is 0 Å². The van der Waals surface area contributed by atoms with Gasteiger partial charge in [-0.1, -0.05) is 6.07 Å². The van der Waals surface area contributed by atoms with Gasteiger partial charge in [0.2, 0.25) is 0 Å². The fourth-order valence-corrected chi connectivity index (χ4v) is 4.83. The average Bonchev–Trinajstić information content (AvgIpc) is 3.07. The molecule has 0 N–H and O–H groups in total. The summed E-state index contributed by atoms with van der Waals surface area (Å²) in [6.07, 6.45) is 8.58. The number of aryl methyl sites for hydroxylation is 2. The monoisotopic (exact) mass is 341 g/mol. The Hall–Kier alpha value is -1.72. The summed E-state index contributed by atoms with van der Waals surface area (Å²) >= 11 is 1.73. The van der Waals surface area contributed by atoms with Crippen molar-refractivity contribution in [3.05, 3.63) is 51.5 Å². The molecule has 1 aliphatic carbocycles. The predicted octanol–water partition coefficient (Wildman–Crippen LogP) is 2.98. The molecule has 3 heterocycles. The van der Waals surface area contributed by atoms with Crippen molar-refractivity contribution in [3.63, 3.8) is 0 Å². The lowest BCUT2D eigenvalue weighted by Gasteiger charge is -2.34. The number of hydrogen-bond donors (Lipinski definition) is 0. The second kappa shape index (κ2) is 7.03. The zero-order valence-electron chi connectivity index (χ0n) is 13.9. The number of thiophene rings is 1. The van der Waals surface area contributed by atoms with Gasteiger partial charge in [-0.2, -0.15) is 0 Å². The van der Waals surface area contributed by atoms with Crippen molar-refractivity contribution in [2.75, 3.05) is 26.2 Å². The van der Waals surface area contributed by atoms with Crippen LogP contribution in [0.2, 0.25) is 0 Å². The van der Waals surface area contributed by atoms with Crippen molar-refractivity contribution in [1.82, 2.24) is 14.8 Å². The third-order valence-electron chi connectivity index (χ3n) is 5.00. The first-order valence-electron chi connectivity index (χ1n) is 8.82. The van der Waals surface area contributed by atoms with E-state index in [1.807, 2.05) is 17.2 Å². The summed E-state index contributed by atoms with van der Waals surface area (Å²) in [7, 11) is 0. The van der Waals surface area contributed by atoms with E-state index in [-0.39, 0.29) is 5.91 Å². The van der Waals surface area contributed by atoms with Crippen molar-refractivity contribution in [2.45, 2.75) is 32.2 Å². The van der Waals surface area contributed by atoms with Gasteiger partial charge in [-0.3, -0.25) is 14.7 Å². The van der Waals surface area contributed by atoms with Gasteiger partial charge in [0.25, 0.3) is 5.91 Å². The molecule has 2 aromatic heterocycles. The van der Waals surface area contributed by atoms with Crippen LogP contribution in [0.3, 0.4) is 0 Å². The Kier molecular flexibility index (Phi) is 4.63. The van der Waals surface area contributed by atoms with Gasteiger partial charge in [-0.05, 0) is 48.9 Å². The number of fused-ring (bicyclic) bond motifs is 1. The van der Waals surface area contributed by atoms with Gasteiger partial charge in [0, 0.05) is 50.0 Å². The Morgan fingerprint density at radius 3 is 2.75 bits per heavy atom. The van der Waals surface area contributed by atoms with E-state index >= 15 is 0 Å². The molecule has 126 valence electrons. The summed E-state index contributed by atoms with van der Waals surface area (Å²) in [6.45, 7) is 4.43. The molecule has 4 rings (SSSR count). The number of rotatable bonds is 3. The Balaban J connectivity index is 1.35. The molecule has 0 spiro atoms. The predicted molar refractivity (Wildman–Crippen MR) is 96.4 cm³/mol. The number of nitrogens with zero attached hydrogens (tertiary/aromatic N) is 3. The van der Waals surface area contributed by atoms with Crippen LogP contribution in [0.5, 0.6) is 0 Å². The summed E-state index contributed by atoms with van der Waals surface area (Å²) in [5.41, 5.74) is 2.66. The molecule has 1 amide bonds. The Morgan fingerprint density at radius 2 is 2.00 bits per heavy atom. The summed E-state index contributed by atoms with van der Waals surface area (Å²) < 4.78 is 0. The maximum atomic E-state index is 12.8. The van der Waals surface area contributed by atoms with E-state index in [2.05, 4.69) is 22.0 Å². The summed E-state index contributed by atoms with van der Waals surface area (Å²) in [5.74, 6) is 0.232. The number of pyridine rings is 1. The van der Waals surface area contributed by atoms with E-state index in [0.717, 1.165) is 50.4 Å². The maximum absolute atomic E-state index is 12.8. The number of piperazine rings is 1. The minimum Gasteiger partial charge on any atom is -0.335 e. The molecule has 1 fully saturated rings.